The molecule has 1 N–H and O–H groups in total. The van der Waals surface area contributed by atoms with Gasteiger partial charge in [-0.1, -0.05) is 49.4 Å². The number of hydrogen-bond donors (Lipinski definition) is 1. The molecule has 2 heteroatoms. The largest absolute Gasteiger partial charge is 0.494 e. The molecule has 0 aliphatic carbocycles. The predicted molar refractivity (Wildman–Crippen MR) is 89.8 cm³/mol. The van der Waals surface area contributed by atoms with Gasteiger partial charge in [0, 0.05) is 0 Å². The van der Waals surface area contributed by atoms with E-state index in [0.29, 0.717) is 0 Å². The number of hydrogen-bond acceptors (Lipinski definition) is 2. The van der Waals surface area contributed by atoms with Gasteiger partial charge < -0.3 is 10.1 Å². The average Bonchev–Trinajstić information content (AvgIpc) is 2.55. The third kappa shape index (κ3) is 5.60. The molecule has 0 radical (unpaired) electrons. The number of ether oxygens (including phenoxy) is 1. The van der Waals surface area contributed by atoms with Crippen LogP contribution >= 0.6 is 0 Å². The van der Waals surface area contributed by atoms with Crippen molar-refractivity contribution in [1.29, 1.82) is 0 Å². The van der Waals surface area contributed by atoms with E-state index in [4.69, 9.17) is 4.74 Å². The van der Waals surface area contributed by atoms with Crippen molar-refractivity contribution in [3.8, 4) is 16.9 Å². The minimum atomic E-state index is 0.790. The summed E-state index contributed by atoms with van der Waals surface area (Å²) in [6.45, 7) is 5.18. The quantitative estimate of drug-likeness (QED) is 0.684. The molecule has 0 aliphatic heterocycles. The molecule has 2 rings (SSSR count). The number of unbranched alkanes of at least 4 members (excludes halogenated alkanes) is 1. The maximum absolute atomic E-state index is 5.78. The van der Waals surface area contributed by atoms with Crippen molar-refractivity contribution in [2.75, 3.05) is 19.7 Å². The fourth-order valence-electron chi connectivity index (χ4n) is 2.22. The van der Waals surface area contributed by atoms with E-state index in [1.807, 2.05) is 6.07 Å². The van der Waals surface area contributed by atoms with E-state index in [0.717, 1.165) is 31.9 Å². The van der Waals surface area contributed by atoms with Crippen LogP contribution in [0.5, 0.6) is 5.75 Å². The first-order valence-electron chi connectivity index (χ1n) is 7.89. The van der Waals surface area contributed by atoms with Gasteiger partial charge in [0.2, 0.25) is 0 Å². The Kier molecular flexibility index (Phi) is 6.82. The van der Waals surface area contributed by atoms with Crippen molar-refractivity contribution in [1.82, 2.24) is 5.32 Å². The zero-order valence-corrected chi connectivity index (χ0v) is 12.8. The first-order chi connectivity index (χ1) is 10.4. The average molecular weight is 283 g/mol. The van der Waals surface area contributed by atoms with E-state index < -0.39 is 0 Å². The first kappa shape index (κ1) is 15.6. The Labute approximate surface area is 128 Å². The van der Waals surface area contributed by atoms with Crippen LogP contribution in [0, 0.1) is 0 Å². The van der Waals surface area contributed by atoms with Crippen molar-refractivity contribution in [2.45, 2.75) is 26.2 Å². The molecule has 0 atom stereocenters. The fourth-order valence-corrected chi connectivity index (χ4v) is 2.22. The summed E-state index contributed by atoms with van der Waals surface area (Å²) in [7, 11) is 0. The Hall–Kier alpha value is -1.80. The lowest BCUT2D eigenvalue weighted by Crippen LogP contribution is -2.16. The third-order valence-corrected chi connectivity index (χ3v) is 3.40. The molecule has 0 amide bonds. The Morgan fingerprint density at radius 1 is 0.810 bits per heavy atom. The summed E-state index contributed by atoms with van der Waals surface area (Å²) in [5.41, 5.74) is 2.47. The van der Waals surface area contributed by atoms with Gasteiger partial charge in [-0.3, -0.25) is 0 Å². The topological polar surface area (TPSA) is 21.3 Å². The molecular formula is C19H25NO. The molecular weight excluding hydrogens is 258 g/mol. The van der Waals surface area contributed by atoms with E-state index in [2.05, 4.69) is 60.8 Å². The molecule has 0 spiro atoms. The summed E-state index contributed by atoms with van der Waals surface area (Å²) in [5, 5.41) is 3.40. The Balaban J connectivity index is 1.71. The standard InChI is InChI=1S/C19H25NO/c1-2-14-20-15-6-7-16-21-19-12-10-18(11-13-19)17-8-4-3-5-9-17/h3-5,8-13,20H,2,6-7,14-16H2,1H3. The second kappa shape index (κ2) is 9.19. The number of nitrogens with one attached hydrogen (secondary N) is 1. The van der Waals surface area contributed by atoms with Crippen LogP contribution in [0.15, 0.2) is 54.6 Å². The zero-order chi connectivity index (χ0) is 14.8. The van der Waals surface area contributed by atoms with Gasteiger partial charge in [-0.25, -0.2) is 0 Å². The number of benzene rings is 2. The van der Waals surface area contributed by atoms with Gasteiger partial charge in [-0.05, 0) is 55.6 Å². The highest BCUT2D eigenvalue weighted by Gasteiger charge is 1.98. The molecule has 2 nitrogen and oxygen atoms in total. The van der Waals surface area contributed by atoms with Gasteiger partial charge >= 0.3 is 0 Å². The van der Waals surface area contributed by atoms with Crippen molar-refractivity contribution < 1.29 is 4.74 Å². The normalized spacial score (nSPS) is 10.5. The predicted octanol–water partition coefficient (Wildman–Crippen LogP) is 4.51. The van der Waals surface area contributed by atoms with Gasteiger partial charge in [-0.15, -0.1) is 0 Å². The highest BCUT2D eigenvalue weighted by atomic mass is 16.5. The highest BCUT2D eigenvalue weighted by Crippen LogP contribution is 2.22. The van der Waals surface area contributed by atoms with Gasteiger partial charge in [0.25, 0.3) is 0 Å². The van der Waals surface area contributed by atoms with Crippen LogP contribution in [-0.2, 0) is 0 Å². The van der Waals surface area contributed by atoms with Crippen molar-refractivity contribution in [3.05, 3.63) is 54.6 Å². The minimum absolute atomic E-state index is 0.790. The third-order valence-electron chi connectivity index (χ3n) is 3.40. The first-order valence-corrected chi connectivity index (χ1v) is 7.89. The number of rotatable bonds is 9. The minimum Gasteiger partial charge on any atom is -0.494 e. The van der Waals surface area contributed by atoms with Crippen LogP contribution < -0.4 is 10.1 Å². The molecule has 0 saturated heterocycles. The van der Waals surface area contributed by atoms with E-state index in [1.165, 1.54) is 24.0 Å². The summed E-state index contributed by atoms with van der Waals surface area (Å²) < 4.78 is 5.78. The van der Waals surface area contributed by atoms with Crippen LogP contribution in [0.4, 0.5) is 0 Å². The van der Waals surface area contributed by atoms with Gasteiger partial charge in [-0.2, -0.15) is 0 Å². The van der Waals surface area contributed by atoms with Crippen LogP contribution in [-0.4, -0.2) is 19.7 Å². The Morgan fingerprint density at radius 3 is 2.24 bits per heavy atom. The van der Waals surface area contributed by atoms with Crippen LogP contribution in [0.3, 0.4) is 0 Å². The summed E-state index contributed by atoms with van der Waals surface area (Å²) in [6.07, 6.45) is 3.46. The summed E-state index contributed by atoms with van der Waals surface area (Å²) >= 11 is 0. The van der Waals surface area contributed by atoms with Gasteiger partial charge in [0.15, 0.2) is 0 Å². The second-order valence-corrected chi connectivity index (χ2v) is 5.20. The SMILES string of the molecule is CCCNCCCCOc1ccc(-c2ccccc2)cc1. The molecule has 2 aromatic rings. The van der Waals surface area contributed by atoms with Crippen LogP contribution in [0.2, 0.25) is 0 Å². The molecule has 0 aliphatic rings. The van der Waals surface area contributed by atoms with Crippen molar-refractivity contribution >= 4 is 0 Å². The smallest absolute Gasteiger partial charge is 0.119 e. The van der Waals surface area contributed by atoms with Crippen LogP contribution in [0.1, 0.15) is 26.2 Å². The van der Waals surface area contributed by atoms with E-state index >= 15 is 0 Å². The summed E-state index contributed by atoms with van der Waals surface area (Å²) in [4.78, 5) is 0. The molecule has 0 heterocycles. The lowest BCUT2D eigenvalue weighted by atomic mass is 10.1. The monoisotopic (exact) mass is 283 g/mol. The molecule has 0 aromatic heterocycles. The van der Waals surface area contributed by atoms with Crippen molar-refractivity contribution in [2.24, 2.45) is 0 Å². The van der Waals surface area contributed by atoms with E-state index in [1.54, 1.807) is 0 Å². The van der Waals surface area contributed by atoms with Crippen LogP contribution in [0.25, 0.3) is 11.1 Å². The lowest BCUT2D eigenvalue weighted by molar-refractivity contribution is 0.306. The molecule has 112 valence electrons. The van der Waals surface area contributed by atoms with E-state index in [9.17, 15) is 0 Å². The Bertz CT molecular complexity index is 493. The molecule has 0 saturated carbocycles. The Morgan fingerprint density at radius 2 is 1.52 bits per heavy atom. The second-order valence-electron chi connectivity index (χ2n) is 5.20. The summed E-state index contributed by atoms with van der Waals surface area (Å²) in [6, 6.07) is 18.8. The van der Waals surface area contributed by atoms with E-state index in [-0.39, 0.29) is 0 Å². The highest BCUT2D eigenvalue weighted by molar-refractivity contribution is 5.63. The van der Waals surface area contributed by atoms with Gasteiger partial charge in [0.1, 0.15) is 5.75 Å². The molecule has 0 fully saturated rings. The molecule has 21 heavy (non-hydrogen) atoms. The fraction of sp³-hybridized carbons (Fsp3) is 0.368. The maximum atomic E-state index is 5.78. The molecule has 0 bridgehead atoms. The lowest BCUT2D eigenvalue weighted by Gasteiger charge is -2.08. The maximum Gasteiger partial charge on any atom is 0.119 e. The summed E-state index contributed by atoms with van der Waals surface area (Å²) in [5.74, 6) is 0.955. The molecule has 2 aromatic carbocycles. The van der Waals surface area contributed by atoms with Gasteiger partial charge in [0.05, 0.1) is 6.61 Å². The molecule has 0 unspecified atom stereocenters. The van der Waals surface area contributed by atoms with Crippen molar-refractivity contribution in [3.63, 3.8) is 0 Å². The zero-order valence-electron chi connectivity index (χ0n) is 12.8.